The molecule has 0 N–H and O–H groups in total. The van der Waals surface area contributed by atoms with Crippen LogP contribution < -0.4 is 10.6 Å². The molecule has 0 unspecified atom stereocenters. The van der Waals surface area contributed by atoms with Gasteiger partial charge < -0.3 is 9.42 Å². The summed E-state index contributed by atoms with van der Waals surface area (Å²) in [6.07, 6.45) is 3.43. The first-order valence-corrected chi connectivity index (χ1v) is 11.5. The number of benzene rings is 2. The SMILES string of the molecule is Cc1ccc(-c2noc(-c3cccn4c(=O)n(CC(=O)N5CCCc6ccccc65)nc34)n2)cc1. The third kappa shape index (κ3) is 3.71. The van der Waals surface area contributed by atoms with E-state index in [1.807, 2.05) is 55.5 Å². The molecule has 0 bridgehead atoms. The normalized spacial score (nSPS) is 13.2. The summed E-state index contributed by atoms with van der Waals surface area (Å²) < 4.78 is 8.09. The summed E-state index contributed by atoms with van der Waals surface area (Å²) in [7, 11) is 0. The van der Waals surface area contributed by atoms with Crippen LogP contribution in [0.25, 0.3) is 28.5 Å². The van der Waals surface area contributed by atoms with Crippen LogP contribution in [0.15, 0.2) is 76.2 Å². The van der Waals surface area contributed by atoms with E-state index in [1.165, 1.54) is 9.08 Å². The van der Waals surface area contributed by atoms with E-state index in [0.717, 1.165) is 35.2 Å². The maximum absolute atomic E-state index is 13.2. The Balaban J connectivity index is 1.33. The van der Waals surface area contributed by atoms with Gasteiger partial charge in [0.25, 0.3) is 5.89 Å². The van der Waals surface area contributed by atoms with Crippen LogP contribution in [-0.2, 0) is 17.8 Å². The highest BCUT2D eigenvalue weighted by molar-refractivity contribution is 5.94. The predicted molar refractivity (Wildman–Crippen MR) is 130 cm³/mol. The average Bonchev–Trinajstić information content (AvgIpc) is 3.49. The van der Waals surface area contributed by atoms with E-state index < -0.39 is 5.69 Å². The maximum Gasteiger partial charge on any atom is 0.350 e. The largest absolute Gasteiger partial charge is 0.350 e. The zero-order chi connectivity index (χ0) is 23.9. The third-order valence-corrected chi connectivity index (χ3v) is 6.27. The van der Waals surface area contributed by atoms with Crippen molar-refractivity contribution in [2.45, 2.75) is 26.3 Å². The number of para-hydroxylation sites is 1. The Morgan fingerprint density at radius 1 is 1.06 bits per heavy atom. The summed E-state index contributed by atoms with van der Waals surface area (Å²) in [5.41, 5.74) is 4.46. The van der Waals surface area contributed by atoms with Gasteiger partial charge in [-0.2, -0.15) is 4.98 Å². The summed E-state index contributed by atoms with van der Waals surface area (Å²) >= 11 is 0. The fraction of sp³-hybridized carbons (Fsp3) is 0.192. The van der Waals surface area contributed by atoms with Gasteiger partial charge in [0.05, 0.1) is 5.56 Å². The Morgan fingerprint density at radius 3 is 2.74 bits per heavy atom. The van der Waals surface area contributed by atoms with Gasteiger partial charge in [-0.15, -0.1) is 5.10 Å². The fourth-order valence-corrected chi connectivity index (χ4v) is 4.47. The van der Waals surface area contributed by atoms with E-state index in [2.05, 4.69) is 15.2 Å². The standard InChI is InChI=1S/C26H22N6O3/c1-17-10-12-19(13-11-17)23-27-25(35-29-23)20-8-5-15-31-24(20)28-32(26(31)34)16-22(33)30-14-4-7-18-6-2-3-9-21(18)30/h2-3,5-6,8-13,15H,4,7,14,16H2,1H3. The second kappa shape index (κ2) is 8.35. The van der Waals surface area contributed by atoms with Crippen molar-refractivity contribution in [3.05, 3.63) is 88.5 Å². The molecule has 0 saturated heterocycles. The summed E-state index contributed by atoms with van der Waals surface area (Å²) in [6, 6.07) is 19.2. The maximum atomic E-state index is 13.2. The molecule has 1 amide bonds. The Hall–Kier alpha value is -4.53. The molecule has 4 heterocycles. The van der Waals surface area contributed by atoms with Gasteiger partial charge in [-0.05, 0) is 43.5 Å². The number of anilines is 1. The van der Waals surface area contributed by atoms with E-state index in [1.54, 1.807) is 23.2 Å². The molecule has 1 aliphatic rings. The summed E-state index contributed by atoms with van der Waals surface area (Å²) in [5, 5.41) is 8.56. The topological polar surface area (TPSA) is 98.5 Å². The van der Waals surface area contributed by atoms with Gasteiger partial charge in [0.15, 0.2) is 5.65 Å². The lowest BCUT2D eigenvalue weighted by Gasteiger charge is -2.29. The van der Waals surface area contributed by atoms with Gasteiger partial charge in [-0.25, -0.2) is 13.9 Å². The Morgan fingerprint density at radius 2 is 1.89 bits per heavy atom. The zero-order valence-electron chi connectivity index (χ0n) is 19.1. The molecular formula is C26H22N6O3. The Labute approximate surface area is 200 Å². The molecule has 3 aromatic heterocycles. The van der Waals surface area contributed by atoms with Gasteiger partial charge in [-0.3, -0.25) is 4.79 Å². The number of fused-ring (bicyclic) bond motifs is 2. The van der Waals surface area contributed by atoms with Gasteiger partial charge in [-0.1, -0.05) is 53.2 Å². The molecule has 9 heteroatoms. The molecule has 0 fully saturated rings. The minimum Gasteiger partial charge on any atom is -0.333 e. The molecule has 35 heavy (non-hydrogen) atoms. The van der Waals surface area contributed by atoms with Crippen LogP contribution in [0.1, 0.15) is 17.5 Å². The molecule has 0 saturated carbocycles. The lowest BCUT2D eigenvalue weighted by molar-refractivity contribution is -0.119. The molecule has 174 valence electrons. The average molecular weight is 467 g/mol. The summed E-state index contributed by atoms with van der Waals surface area (Å²) in [5.74, 6) is 0.519. The van der Waals surface area contributed by atoms with E-state index in [9.17, 15) is 9.59 Å². The smallest absolute Gasteiger partial charge is 0.333 e. The lowest BCUT2D eigenvalue weighted by atomic mass is 10.0. The van der Waals surface area contributed by atoms with Crippen molar-refractivity contribution in [3.8, 4) is 22.8 Å². The molecule has 1 aliphatic heterocycles. The predicted octanol–water partition coefficient (Wildman–Crippen LogP) is 3.50. The summed E-state index contributed by atoms with van der Waals surface area (Å²) in [4.78, 5) is 32.5. The Bertz CT molecular complexity index is 1610. The number of carbonyl (C=O) groups is 1. The highest BCUT2D eigenvalue weighted by Gasteiger charge is 2.24. The van der Waals surface area contributed by atoms with Crippen molar-refractivity contribution in [2.24, 2.45) is 0 Å². The van der Waals surface area contributed by atoms with Crippen molar-refractivity contribution in [2.75, 3.05) is 11.4 Å². The number of pyridine rings is 1. The molecule has 2 aromatic carbocycles. The molecule has 0 atom stereocenters. The molecular weight excluding hydrogens is 444 g/mol. The highest BCUT2D eigenvalue weighted by atomic mass is 16.5. The van der Waals surface area contributed by atoms with Crippen LogP contribution in [-0.4, -0.2) is 36.8 Å². The lowest BCUT2D eigenvalue weighted by Crippen LogP contribution is -2.39. The minimum atomic E-state index is -0.404. The molecule has 9 nitrogen and oxygen atoms in total. The molecule has 0 spiro atoms. The van der Waals surface area contributed by atoms with E-state index in [0.29, 0.717) is 23.6 Å². The van der Waals surface area contributed by atoms with Crippen LogP contribution in [0.5, 0.6) is 0 Å². The van der Waals surface area contributed by atoms with Crippen molar-refractivity contribution in [3.63, 3.8) is 0 Å². The van der Waals surface area contributed by atoms with Crippen molar-refractivity contribution in [1.82, 2.24) is 24.3 Å². The molecule has 0 aliphatic carbocycles. The number of aromatic nitrogens is 5. The van der Waals surface area contributed by atoms with E-state index in [-0.39, 0.29) is 18.3 Å². The number of rotatable bonds is 4. The Kier molecular flexibility index (Phi) is 5.02. The van der Waals surface area contributed by atoms with Crippen LogP contribution in [0.3, 0.4) is 0 Å². The number of hydrogen-bond donors (Lipinski definition) is 0. The molecule has 5 aromatic rings. The molecule has 6 rings (SSSR count). The van der Waals surface area contributed by atoms with E-state index >= 15 is 0 Å². The molecule has 0 radical (unpaired) electrons. The second-order valence-electron chi connectivity index (χ2n) is 8.62. The van der Waals surface area contributed by atoms with Crippen LogP contribution in [0.2, 0.25) is 0 Å². The van der Waals surface area contributed by atoms with Crippen LogP contribution in [0.4, 0.5) is 5.69 Å². The van der Waals surface area contributed by atoms with Gasteiger partial charge >= 0.3 is 5.69 Å². The zero-order valence-corrected chi connectivity index (χ0v) is 19.1. The number of carbonyl (C=O) groups excluding carboxylic acids is 1. The van der Waals surface area contributed by atoms with Crippen molar-refractivity contribution >= 4 is 17.2 Å². The monoisotopic (exact) mass is 466 g/mol. The third-order valence-electron chi connectivity index (χ3n) is 6.27. The highest BCUT2D eigenvalue weighted by Crippen LogP contribution is 2.27. The van der Waals surface area contributed by atoms with Crippen LogP contribution in [0, 0.1) is 6.92 Å². The number of amides is 1. The fourth-order valence-electron chi connectivity index (χ4n) is 4.47. The van der Waals surface area contributed by atoms with E-state index in [4.69, 9.17) is 4.52 Å². The van der Waals surface area contributed by atoms with Crippen molar-refractivity contribution < 1.29 is 9.32 Å². The number of aryl methyl sites for hydroxylation is 2. The van der Waals surface area contributed by atoms with Gasteiger partial charge in [0.2, 0.25) is 11.7 Å². The number of nitrogens with zero attached hydrogens (tertiary/aromatic N) is 6. The van der Waals surface area contributed by atoms with Crippen LogP contribution >= 0.6 is 0 Å². The quantitative estimate of drug-likeness (QED) is 0.402. The van der Waals surface area contributed by atoms with Gasteiger partial charge in [0, 0.05) is 24.0 Å². The van der Waals surface area contributed by atoms with Gasteiger partial charge in [0.1, 0.15) is 6.54 Å². The van der Waals surface area contributed by atoms with Crippen molar-refractivity contribution in [1.29, 1.82) is 0 Å². The first kappa shape index (κ1) is 21.0. The second-order valence-corrected chi connectivity index (χ2v) is 8.62. The first-order valence-electron chi connectivity index (χ1n) is 11.5. The number of hydrogen-bond acceptors (Lipinski definition) is 6. The summed E-state index contributed by atoms with van der Waals surface area (Å²) in [6.45, 7) is 2.47. The first-order chi connectivity index (χ1) is 17.1. The minimum absolute atomic E-state index is 0.160.